The Balaban J connectivity index is 2.13. The van der Waals surface area contributed by atoms with Gasteiger partial charge in [0, 0.05) is 17.5 Å². The standard InChI is InChI=1S/C20H23NO5S/c1-24-16-9-15(10-17(11-16)25-2)12-21(13-20(23)26-3)19(22)14-27-18-7-5-4-6-8-18/h4-11H,12-14H2,1-3H3. The molecule has 6 nitrogen and oxygen atoms in total. The largest absolute Gasteiger partial charge is 0.497 e. The highest BCUT2D eigenvalue weighted by Gasteiger charge is 2.19. The molecule has 2 aromatic carbocycles. The molecule has 0 heterocycles. The maximum absolute atomic E-state index is 12.7. The molecule has 0 saturated carbocycles. The van der Waals surface area contributed by atoms with Gasteiger partial charge in [0.15, 0.2) is 0 Å². The molecule has 144 valence electrons. The minimum atomic E-state index is -0.470. The van der Waals surface area contributed by atoms with Crippen LogP contribution in [0.15, 0.2) is 53.4 Å². The number of nitrogens with zero attached hydrogens (tertiary/aromatic N) is 1. The molecule has 0 saturated heterocycles. The number of carbonyl (C=O) groups excluding carboxylic acids is 2. The van der Waals surface area contributed by atoms with Crippen LogP contribution in [0.3, 0.4) is 0 Å². The van der Waals surface area contributed by atoms with Gasteiger partial charge in [-0.25, -0.2) is 0 Å². The summed E-state index contributed by atoms with van der Waals surface area (Å²) in [5.41, 5.74) is 0.799. The first-order chi connectivity index (χ1) is 13.0. The van der Waals surface area contributed by atoms with Crippen LogP contribution >= 0.6 is 11.8 Å². The van der Waals surface area contributed by atoms with Gasteiger partial charge in [-0.1, -0.05) is 18.2 Å². The average Bonchev–Trinajstić information content (AvgIpc) is 2.71. The van der Waals surface area contributed by atoms with E-state index in [1.165, 1.54) is 23.8 Å². The Morgan fingerprint density at radius 2 is 1.59 bits per heavy atom. The molecule has 0 aromatic heterocycles. The minimum absolute atomic E-state index is 0.121. The van der Waals surface area contributed by atoms with Crippen molar-refractivity contribution in [2.75, 3.05) is 33.6 Å². The van der Waals surface area contributed by atoms with E-state index in [0.717, 1.165) is 10.5 Å². The van der Waals surface area contributed by atoms with E-state index < -0.39 is 5.97 Å². The van der Waals surface area contributed by atoms with E-state index in [4.69, 9.17) is 14.2 Å². The van der Waals surface area contributed by atoms with E-state index in [1.807, 2.05) is 42.5 Å². The molecule has 0 atom stereocenters. The molecule has 0 aliphatic rings. The van der Waals surface area contributed by atoms with Gasteiger partial charge in [-0.05, 0) is 29.8 Å². The Hall–Kier alpha value is -2.67. The number of methoxy groups -OCH3 is 3. The lowest BCUT2D eigenvalue weighted by Crippen LogP contribution is -2.36. The Labute approximate surface area is 163 Å². The summed E-state index contributed by atoms with van der Waals surface area (Å²) in [4.78, 5) is 26.9. The summed E-state index contributed by atoms with van der Waals surface area (Å²) >= 11 is 1.42. The third-order valence-electron chi connectivity index (χ3n) is 3.79. The second-order valence-electron chi connectivity index (χ2n) is 5.65. The summed E-state index contributed by atoms with van der Waals surface area (Å²) < 4.78 is 15.3. The summed E-state index contributed by atoms with van der Waals surface area (Å²) in [6, 6.07) is 15.0. The number of esters is 1. The van der Waals surface area contributed by atoms with Crippen LogP contribution in [0.1, 0.15) is 5.56 Å². The molecule has 2 rings (SSSR count). The first-order valence-electron chi connectivity index (χ1n) is 8.30. The molecule has 0 aliphatic carbocycles. The molecule has 0 N–H and O–H groups in total. The lowest BCUT2D eigenvalue weighted by molar-refractivity contribution is -0.146. The third-order valence-corrected chi connectivity index (χ3v) is 4.79. The molecule has 0 radical (unpaired) electrons. The zero-order valence-electron chi connectivity index (χ0n) is 15.6. The van der Waals surface area contributed by atoms with E-state index in [1.54, 1.807) is 20.3 Å². The topological polar surface area (TPSA) is 65.1 Å². The zero-order valence-corrected chi connectivity index (χ0v) is 16.5. The van der Waals surface area contributed by atoms with Crippen molar-refractivity contribution in [2.24, 2.45) is 0 Å². The Morgan fingerprint density at radius 3 is 2.15 bits per heavy atom. The van der Waals surface area contributed by atoms with Crippen molar-refractivity contribution in [1.82, 2.24) is 4.90 Å². The van der Waals surface area contributed by atoms with Crippen LogP contribution in [0.25, 0.3) is 0 Å². The number of hydrogen-bond acceptors (Lipinski definition) is 6. The van der Waals surface area contributed by atoms with Crippen LogP contribution in [0.2, 0.25) is 0 Å². The minimum Gasteiger partial charge on any atom is -0.497 e. The summed E-state index contributed by atoms with van der Waals surface area (Å²) in [6.45, 7) is 0.126. The van der Waals surface area contributed by atoms with Crippen LogP contribution in [-0.2, 0) is 20.9 Å². The number of rotatable bonds is 9. The van der Waals surface area contributed by atoms with Crippen molar-refractivity contribution in [3.8, 4) is 11.5 Å². The van der Waals surface area contributed by atoms with Crippen molar-refractivity contribution in [3.05, 3.63) is 54.1 Å². The predicted octanol–water partition coefficient (Wildman–Crippen LogP) is 3.00. The van der Waals surface area contributed by atoms with E-state index >= 15 is 0 Å². The number of thioether (sulfide) groups is 1. The van der Waals surface area contributed by atoms with E-state index in [9.17, 15) is 9.59 Å². The van der Waals surface area contributed by atoms with E-state index in [-0.39, 0.29) is 24.7 Å². The quantitative estimate of drug-likeness (QED) is 0.485. The lowest BCUT2D eigenvalue weighted by atomic mass is 10.2. The SMILES string of the molecule is COC(=O)CN(Cc1cc(OC)cc(OC)c1)C(=O)CSc1ccccc1. The van der Waals surface area contributed by atoms with Crippen molar-refractivity contribution in [3.63, 3.8) is 0 Å². The number of ether oxygens (including phenoxy) is 3. The highest BCUT2D eigenvalue weighted by atomic mass is 32.2. The van der Waals surface area contributed by atoms with E-state index in [0.29, 0.717) is 11.5 Å². The molecule has 0 fully saturated rings. The molecule has 0 bridgehead atoms. The summed E-state index contributed by atoms with van der Waals surface area (Å²) in [7, 11) is 4.43. The van der Waals surface area contributed by atoms with Gasteiger partial charge in [-0.15, -0.1) is 11.8 Å². The summed E-state index contributed by atoms with van der Waals surface area (Å²) in [5.74, 6) is 0.836. The van der Waals surface area contributed by atoms with Crippen molar-refractivity contribution in [1.29, 1.82) is 0 Å². The predicted molar refractivity (Wildman–Crippen MR) is 104 cm³/mol. The van der Waals surface area contributed by atoms with E-state index in [2.05, 4.69) is 0 Å². The molecular formula is C20H23NO5S. The van der Waals surface area contributed by atoms with Crippen LogP contribution in [0.5, 0.6) is 11.5 Å². The van der Waals surface area contributed by atoms with Crippen LogP contribution in [0, 0.1) is 0 Å². The smallest absolute Gasteiger partial charge is 0.325 e. The molecular weight excluding hydrogens is 366 g/mol. The second-order valence-corrected chi connectivity index (χ2v) is 6.70. The molecule has 0 unspecified atom stereocenters. The fourth-order valence-corrected chi connectivity index (χ4v) is 3.21. The fourth-order valence-electron chi connectivity index (χ4n) is 2.38. The lowest BCUT2D eigenvalue weighted by Gasteiger charge is -2.22. The van der Waals surface area contributed by atoms with Crippen LogP contribution in [0.4, 0.5) is 0 Å². The van der Waals surface area contributed by atoms with Crippen molar-refractivity contribution >= 4 is 23.6 Å². The Bertz CT molecular complexity index is 744. The van der Waals surface area contributed by atoms with Gasteiger partial charge in [0.05, 0.1) is 27.1 Å². The monoisotopic (exact) mass is 389 g/mol. The second kappa shape index (κ2) is 10.5. The maximum Gasteiger partial charge on any atom is 0.325 e. The molecule has 1 amide bonds. The first kappa shape index (κ1) is 20.6. The number of hydrogen-bond donors (Lipinski definition) is 0. The van der Waals surface area contributed by atoms with Crippen LogP contribution < -0.4 is 9.47 Å². The normalized spacial score (nSPS) is 10.2. The summed E-state index contributed by atoms with van der Waals surface area (Å²) in [5, 5.41) is 0. The highest BCUT2D eigenvalue weighted by Crippen LogP contribution is 2.24. The highest BCUT2D eigenvalue weighted by molar-refractivity contribution is 8.00. The molecule has 27 heavy (non-hydrogen) atoms. The maximum atomic E-state index is 12.7. The van der Waals surface area contributed by atoms with Crippen molar-refractivity contribution in [2.45, 2.75) is 11.4 Å². The number of benzene rings is 2. The van der Waals surface area contributed by atoms with Gasteiger partial charge in [-0.3, -0.25) is 9.59 Å². The first-order valence-corrected chi connectivity index (χ1v) is 9.28. The molecule has 0 aliphatic heterocycles. The van der Waals surface area contributed by atoms with Crippen molar-refractivity contribution < 1.29 is 23.8 Å². The van der Waals surface area contributed by atoms with Gasteiger partial charge in [0.2, 0.25) is 5.91 Å². The fraction of sp³-hybridized carbons (Fsp3) is 0.300. The molecule has 0 spiro atoms. The summed E-state index contributed by atoms with van der Waals surface area (Å²) in [6.07, 6.45) is 0. The van der Waals surface area contributed by atoms with Gasteiger partial charge < -0.3 is 19.1 Å². The molecule has 7 heteroatoms. The van der Waals surface area contributed by atoms with Gasteiger partial charge >= 0.3 is 5.97 Å². The van der Waals surface area contributed by atoms with Gasteiger partial charge in [0.25, 0.3) is 0 Å². The zero-order chi connectivity index (χ0) is 19.6. The Morgan fingerprint density at radius 1 is 0.963 bits per heavy atom. The molecule has 2 aromatic rings. The van der Waals surface area contributed by atoms with Crippen LogP contribution in [-0.4, -0.2) is 50.4 Å². The Kier molecular flexibility index (Phi) is 8.00. The van der Waals surface area contributed by atoms with Gasteiger partial charge in [0.1, 0.15) is 18.0 Å². The number of carbonyl (C=O) groups is 2. The number of amides is 1. The average molecular weight is 389 g/mol. The van der Waals surface area contributed by atoms with Gasteiger partial charge in [-0.2, -0.15) is 0 Å². The third kappa shape index (κ3) is 6.53.